The molecule has 0 fully saturated rings. The van der Waals surface area contributed by atoms with E-state index in [1.165, 1.54) is 25.2 Å². The summed E-state index contributed by atoms with van der Waals surface area (Å²) in [7, 11) is -4.85. The zero-order valence-corrected chi connectivity index (χ0v) is 11.4. The Morgan fingerprint density at radius 1 is 1.44 bits per heavy atom. The van der Waals surface area contributed by atoms with Gasteiger partial charge in [0, 0.05) is 11.8 Å². The molecule has 0 aromatic rings. The van der Waals surface area contributed by atoms with Gasteiger partial charge in [-0.25, -0.2) is 8.42 Å². The van der Waals surface area contributed by atoms with Crippen LogP contribution >= 0.6 is 0 Å². The lowest BCUT2D eigenvalue weighted by Gasteiger charge is -2.42. The molecule has 0 saturated carbocycles. The van der Waals surface area contributed by atoms with Crippen molar-refractivity contribution >= 4 is 10.1 Å². The molecule has 1 rings (SSSR count). The monoisotopic (exact) mass is 274 g/mol. The summed E-state index contributed by atoms with van der Waals surface area (Å²) in [5.41, 5.74) is -1.35. The van der Waals surface area contributed by atoms with Gasteiger partial charge in [-0.2, -0.15) is 0 Å². The first kappa shape index (κ1) is 14.8. The molecule has 0 spiro atoms. The fraction of sp³-hybridized carbons (Fsp3) is 0.636. The Bertz CT molecular complexity index is 522. The van der Waals surface area contributed by atoms with E-state index in [0.717, 1.165) is 0 Å². The van der Waals surface area contributed by atoms with Gasteiger partial charge in [-0.05, 0) is 25.0 Å². The van der Waals surface area contributed by atoms with E-state index in [2.05, 4.69) is 0 Å². The summed E-state index contributed by atoms with van der Waals surface area (Å²) in [5.74, 6) is 0. The zero-order chi connectivity index (χ0) is 14.2. The van der Waals surface area contributed by atoms with Crippen molar-refractivity contribution in [1.82, 2.24) is 0 Å². The van der Waals surface area contributed by atoms with Crippen LogP contribution in [0.2, 0.25) is 0 Å². The van der Waals surface area contributed by atoms with Crippen molar-refractivity contribution in [3.63, 3.8) is 0 Å². The molecule has 18 heavy (non-hydrogen) atoms. The maximum atomic E-state index is 11.6. The van der Waals surface area contributed by atoms with Crippen LogP contribution in [0.3, 0.4) is 0 Å². The van der Waals surface area contributed by atoms with E-state index in [1.54, 1.807) is 13.8 Å². The fourth-order valence-corrected chi connectivity index (χ4v) is 3.75. The van der Waals surface area contributed by atoms with Gasteiger partial charge in [0.1, 0.15) is 10.1 Å². The SMILES string of the molecule is CCCC1(S(=O)(=O)[O-])C=CC(C)=CC1(C)[N+](=O)[O-]. The van der Waals surface area contributed by atoms with Crippen molar-refractivity contribution in [3.8, 4) is 0 Å². The van der Waals surface area contributed by atoms with E-state index in [-0.39, 0.29) is 6.42 Å². The van der Waals surface area contributed by atoms with E-state index < -0.39 is 25.3 Å². The van der Waals surface area contributed by atoms with Gasteiger partial charge in [-0.1, -0.05) is 25.5 Å². The summed E-state index contributed by atoms with van der Waals surface area (Å²) in [6.07, 6.45) is 4.17. The van der Waals surface area contributed by atoms with Gasteiger partial charge in [0.15, 0.2) is 4.75 Å². The molecule has 102 valence electrons. The fourth-order valence-electron chi connectivity index (χ4n) is 2.42. The highest BCUT2D eigenvalue weighted by Crippen LogP contribution is 2.42. The van der Waals surface area contributed by atoms with Gasteiger partial charge >= 0.3 is 0 Å². The third kappa shape index (κ3) is 1.97. The number of nitrogens with zero attached hydrogens (tertiary/aromatic N) is 1. The van der Waals surface area contributed by atoms with E-state index in [0.29, 0.717) is 12.0 Å². The lowest BCUT2D eigenvalue weighted by molar-refractivity contribution is -0.555. The summed E-state index contributed by atoms with van der Waals surface area (Å²) in [4.78, 5) is 10.6. The summed E-state index contributed by atoms with van der Waals surface area (Å²) < 4.78 is 32.7. The van der Waals surface area contributed by atoms with Crippen molar-refractivity contribution in [2.24, 2.45) is 0 Å². The summed E-state index contributed by atoms with van der Waals surface area (Å²) in [6.45, 7) is 4.50. The second kappa shape index (κ2) is 4.47. The molecule has 2 unspecified atom stereocenters. The molecule has 2 atom stereocenters. The Morgan fingerprint density at radius 3 is 2.39 bits per heavy atom. The van der Waals surface area contributed by atoms with E-state index in [4.69, 9.17) is 0 Å². The molecule has 0 amide bonds. The topological polar surface area (TPSA) is 100 Å². The van der Waals surface area contributed by atoms with Gasteiger partial charge in [0.25, 0.3) is 5.54 Å². The molecular weight excluding hydrogens is 258 g/mol. The Balaban J connectivity index is 3.60. The summed E-state index contributed by atoms with van der Waals surface area (Å²) in [6, 6.07) is 0. The van der Waals surface area contributed by atoms with Crippen LogP contribution in [0.4, 0.5) is 0 Å². The molecule has 0 saturated heterocycles. The molecule has 0 heterocycles. The average molecular weight is 274 g/mol. The molecule has 0 aromatic heterocycles. The number of hydrogen-bond donors (Lipinski definition) is 0. The van der Waals surface area contributed by atoms with Crippen molar-refractivity contribution in [2.75, 3.05) is 0 Å². The zero-order valence-electron chi connectivity index (χ0n) is 10.5. The van der Waals surface area contributed by atoms with E-state index in [9.17, 15) is 23.1 Å². The average Bonchev–Trinajstić information content (AvgIpc) is 2.20. The Kier molecular flexibility index (Phi) is 3.69. The molecule has 0 aliphatic heterocycles. The molecular formula is C11H16NO5S-. The number of nitro groups is 1. The lowest BCUT2D eigenvalue weighted by atomic mass is 9.77. The van der Waals surface area contributed by atoms with Gasteiger partial charge < -0.3 is 4.55 Å². The predicted molar refractivity (Wildman–Crippen MR) is 65.6 cm³/mol. The van der Waals surface area contributed by atoms with Crippen LogP contribution in [-0.4, -0.2) is 28.2 Å². The van der Waals surface area contributed by atoms with Crippen LogP contribution in [-0.2, 0) is 10.1 Å². The van der Waals surface area contributed by atoms with Crippen molar-refractivity contribution in [1.29, 1.82) is 0 Å². The summed E-state index contributed by atoms with van der Waals surface area (Å²) >= 11 is 0. The third-order valence-electron chi connectivity index (χ3n) is 3.43. The van der Waals surface area contributed by atoms with E-state index >= 15 is 0 Å². The second-order valence-corrected chi connectivity index (χ2v) is 6.36. The molecule has 0 bridgehead atoms. The maximum absolute atomic E-state index is 11.6. The molecule has 7 heteroatoms. The number of hydrogen-bond acceptors (Lipinski definition) is 5. The molecule has 0 aromatic carbocycles. The van der Waals surface area contributed by atoms with Crippen LogP contribution in [0.15, 0.2) is 23.8 Å². The molecule has 1 aliphatic rings. The van der Waals surface area contributed by atoms with Crippen LogP contribution < -0.4 is 0 Å². The summed E-state index contributed by atoms with van der Waals surface area (Å²) in [5, 5.41) is 11.3. The first-order chi connectivity index (χ1) is 8.10. The third-order valence-corrected chi connectivity index (χ3v) is 5.07. The van der Waals surface area contributed by atoms with E-state index in [1.807, 2.05) is 0 Å². The largest absolute Gasteiger partial charge is 0.747 e. The first-order valence-corrected chi connectivity index (χ1v) is 7.00. The molecule has 0 radical (unpaired) electrons. The Hall–Kier alpha value is -1.21. The predicted octanol–water partition coefficient (Wildman–Crippen LogP) is 1.62. The van der Waals surface area contributed by atoms with Crippen LogP contribution in [0, 0.1) is 10.1 Å². The lowest BCUT2D eigenvalue weighted by Crippen LogP contribution is -2.60. The standard InChI is InChI=1S/C11H17NO5S/c1-4-6-11(18(15,16)17)7-5-9(2)8-10(11,3)12(13)14/h5,7-8H,4,6H2,1-3H3,(H,15,16,17)/p-1. The highest BCUT2D eigenvalue weighted by Gasteiger charge is 2.60. The van der Waals surface area contributed by atoms with Gasteiger partial charge in [-0.15, -0.1) is 0 Å². The van der Waals surface area contributed by atoms with Gasteiger partial charge in [-0.3, -0.25) is 10.1 Å². The maximum Gasteiger partial charge on any atom is 0.259 e. The molecule has 6 nitrogen and oxygen atoms in total. The smallest absolute Gasteiger partial charge is 0.259 e. The van der Waals surface area contributed by atoms with Crippen LogP contribution in [0.5, 0.6) is 0 Å². The first-order valence-electron chi connectivity index (χ1n) is 5.59. The molecule has 1 aliphatic carbocycles. The van der Waals surface area contributed by atoms with Crippen LogP contribution in [0.25, 0.3) is 0 Å². The van der Waals surface area contributed by atoms with Crippen molar-refractivity contribution in [2.45, 2.75) is 43.9 Å². The van der Waals surface area contributed by atoms with Crippen LogP contribution in [0.1, 0.15) is 33.6 Å². The Labute approximate surface area is 106 Å². The number of allylic oxidation sites excluding steroid dienone is 2. The minimum Gasteiger partial charge on any atom is -0.747 e. The molecule has 0 N–H and O–H groups in total. The second-order valence-electron chi connectivity index (χ2n) is 4.72. The van der Waals surface area contributed by atoms with Gasteiger partial charge in [0.2, 0.25) is 0 Å². The van der Waals surface area contributed by atoms with Crippen molar-refractivity contribution in [3.05, 3.63) is 33.9 Å². The minimum absolute atomic E-state index is 0.0728. The highest BCUT2D eigenvalue weighted by atomic mass is 32.2. The van der Waals surface area contributed by atoms with Crippen molar-refractivity contribution < 1.29 is 17.9 Å². The Morgan fingerprint density at radius 2 is 2.00 bits per heavy atom. The minimum atomic E-state index is -4.85. The highest BCUT2D eigenvalue weighted by molar-refractivity contribution is 7.87. The van der Waals surface area contributed by atoms with Gasteiger partial charge in [0.05, 0.1) is 0 Å². The number of rotatable bonds is 4. The quantitative estimate of drug-likeness (QED) is 0.440. The normalized spacial score (nSPS) is 32.1.